The van der Waals surface area contributed by atoms with Gasteiger partial charge in [-0.05, 0) is 19.1 Å². The Morgan fingerprint density at radius 2 is 1.68 bits per heavy atom. The second kappa shape index (κ2) is 5.56. The van der Waals surface area contributed by atoms with Gasteiger partial charge in [-0.3, -0.25) is 0 Å². The number of nitrogen functional groups attached to an aromatic ring is 1. The van der Waals surface area contributed by atoms with Crippen LogP contribution >= 0.6 is 23.2 Å². The zero-order valence-electron chi connectivity index (χ0n) is 9.84. The zero-order chi connectivity index (χ0) is 14.0. The van der Waals surface area contributed by atoms with E-state index in [9.17, 15) is 4.39 Å². The number of rotatable bonds is 3. The molecule has 1 heterocycles. The fourth-order valence-corrected chi connectivity index (χ4v) is 1.97. The summed E-state index contributed by atoms with van der Waals surface area (Å²) in [5, 5.41) is 2.80. The molecule has 0 atom stereocenters. The number of hydrogen-bond donors (Lipinski definition) is 3. The Balaban J connectivity index is 2.33. The van der Waals surface area contributed by atoms with Crippen molar-refractivity contribution in [2.45, 2.75) is 6.92 Å². The molecule has 0 bridgehead atoms. The molecule has 0 unspecified atom stereocenters. The summed E-state index contributed by atoms with van der Waals surface area (Å²) in [6.45, 7) is 1.72. The van der Waals surface area contributed by atoms with Crippen molar-refractivity contribution in [1.82, 2.24) is 9.97 Å². The van der Waals surface area contributed by atoms with Crippen LogP contribution in [0.1, 0.15) is 5.82 Å². The van der Waals surface area contributed by atoms with E-state index < -0.39 is 5.82 Å². The largest absolute Gasteiger partial charge is 0.340 e. The second-order valence-electron chi connectivity index (χ2n) is 3.71. The maximum Gasteiger partial charge on any atom is 0.160 e. The molecule has 0 saturated carbocycles. The van der Waals surface area contributed by atoms with Crippen LogP contribution in [0.5, 0.6) is 0 Å². The van der Waals surface area contributed by atoms with Gasteiger partial charge in [-0.25, -0.2) is 20.2 Å². The van der Waals surface area contributed by atoms with Crippen LogP contribution in [0.2, 0.25) is 10.0 Å². The van der Waals surface area contributed by atoms with Gasteiger partial charge in [0.2, 0.25) is 0 Å². The van der Waals surface area contributed by atoms with Crippen LogP contribution in [0.25, 0.3) is 0 Å². The van der Waals surface area contributed by atoms with Gasteiger partial charge in [0.25, 0.3) is 0 Å². The van der Waals surface area contributed by atoms with Crippen molar-refractivity contribution in [2.24, 2.45) is 5.84 Å². The smallest absolute Gasteiger partial charge is 0.160 e. The van der Waals surface area contributed by atoms with Crippen molar-refractivity contribution in [1.29, 1.82) is 0 Å². The molecule has 19 heavy (non-hydrogen) atoms. The lowest BCUT2D eigenvalue weighted by Gasteiger charge is -2.09. The minimum Gasteiger partial charge on any atom is -0.340 e. The third-order valence-corrected chi connectivity index (χ3v) is 2.79. The highest BCUT2D eigenvalue weighted by molar-refractivity contribution is 6.35. The van der Waals surface area contributed by atoms with E-state index in [2.05, 4.69) is 20.7 Å². The molecule has 2 rings (SSSR count). The van der Waals surface area contributed by atoms with E-state index in [1.54, 1.807) is 13.0 Å². The van der Waals surface area contributed by atoms with E-state index in [1.807, 2.05) is 0 Å². The highest BCUT2D eigenvalue weighted by Gasteiger charge is 2.08. The van der Waals surface area contributed by atoms with Gasteiger partial charge < -0.3 is 10.7 Å². The number of anilines is 3. The molecule has 2 aromatic rings. The van der Waals surface area contributed by atoms with Crippen LogP contribution in [0.15, 0.2) is 18.2 Å². The van der Waals surface area contributed by atoms with Crippen LogP contribution in [-0.4, -0.2) is 9.97 Å². The Hall–Kier alpha value is -1.63. The SMILES string of the molecule is Cc1nc(NN)cc(Nc2cc(Cl)c(F)c(Cl)c2)n1. The first-order valence-electron chi connectivity index (χ1n) is 5.23. The van der Waals surface area contributed by atoms with Gasteiger partial charge in [0, 0.05) is 11.8 Å². The quantitative estimate of drug-likeness (QED) is 0.461. The van der Waals surface area contributed by atoms with Crippen molar-refractivity contribution >= 4 is 40.5 Å². The molecule has 4 N–H and O–H groups in total. The van der Waals surface area contributed by atoms with E-state index in [1.165, 1.54) is 12.1 Å². The van der Waals surface area contributed by atoms with E-state index >= 15 is 0 Å². The van der Waals surface area contributed by atoms with Crippen molar-refractivity contribution in [3.8, 4) is 0 Å². The fraction of sp³-hybridized carbons (Fsp3) is 0.0909. The van der Waals surface area contributed by atoms with E-state index in [-0.39, 0.29) is 10.0 Å². The summed E-state index contributed by atoms with van der Waals surface area (Å²) in [6.07, 6.45) is 0. The van der Waals surface area contributed by atoms with Crippen LogP contribution < -0.4 is 16.6 Å². The Kier molecular flexibility index (Phi) is 4.04. The van der Waals surface area contributed by atoms with Crippen LogP contribution in [0.3, 0.4) is 0 Å². The molecule has 8 heteroatoms. The summed E-state index contributed by atoms with van der Waals surface area (Å²) in [5.74, 6) is 6.10. The molecule has 0 saturated heterocycles. The summed E-state index contributed by atoms with van der Waals surface area (Å²) in [6, 6.07) is 4.42. The Bertz CT molecular complexity index is 597. The average molecular weight is 302 g/mol. The summed E-state index contributed by atoms with van der Waals surface area (Å²) in [7, 11) is 0. The van der Waals surface area contributed by atoms with Gasteiger partial charge in [-0.15, -0.1) is 0 Å². The van der Waals surface area contributed by atoms with Crippen LogP contribution in [-0.2, 0) is 0 Å². The first-order valence-corrected chi connectivity index (χ1v) is 5.99. The average Bonchev–Trinajstić information content (AvgIpc) is 2.35. The highest BCUT2D eigenvalue weighted by atomic mass is 35.5. The second-order valence-corrected chi connectivity index (χ2v) is 4.52. The van der Waals surface area contributed by atoms with Gasteiger partial charge in [-0.1, -0.05) is 23.2 Å². The molecule has 0 amide bonds. The first-order chi connectivity index (χ1) is 8.99. The molecule has 5 nitrogen and oxygen atoms in total. The third kappa shape index (κ3) is 3.23. The monoisotopic (exact) mass is 301 g/mol. The molecule has 0 aliphatic heterocycles. The lowest BCUT2D eigenvalue weighted by atomic mass is 10.3. The van der Waals surface area contributed by atoms with Gasteiger partial charge in [0.15, 0.2) is 5.82 Å². The van der Waals surface area contributed by atoms with Crippen molar-refractivity contribution in [2.75, 3.05) is 10.7 Å². The van der Waals surface area contributed by atoms with E-state index in [4.69, 9.17) is 29.0 Å². The van der Waals surface area contributed by atoms with Crippen LogP contribution in [0.4, 0.5) is 21.7 Å². The third-order valence-electron chi connectivity index (χ3n) is 2.24. The van der Waals surface area contributed by atoms with Gasteiger partial charge >= 0.3 is 0 Å². The minimum atomic E-state index is -0.655. The number of nitrogens with two attached hydrogens (primary N) is 1. The number of nitrogens with one attached hydrogen (secondary N) is 2. The molecule has 0 aliphatic carbocycles. The molecular formula is C11H10Cl2FN5. The topological polar surface area (TPSA) is 75.9 Å². The minimum absolute atomic E-state index is 0.0713. The number of aryl methyl sites for hydroxylation is 1. The summed E-state index contributed by atoms with van der Waals surface area (Å²) in [5.41, 5.74) is 2.93. The molecule has 100 valence electrons. The number of benzene rings is 1. The van der Waals surface area contributed by atoms with Crippen LogP contribution in [0, 0.1) is 12.7 Å². The Morgan fingerprint density at radius 3 is 2.26 bits per heavy atom. The summed E-state index contributed by atoms with van der Waals surface area (Å²) < 4.78 is 13.3. The maximum absolute atomic E-state index is 13.3. The number of nitrogens with zero attached hydrogens (tertiary/aromatic N) is 2. The number of aromatic nitrogens is 2. The van der Waals surface area contributed by atoms with Gasteiger partial charge in [-0.2, -0.15) is 0 Å². The highest BCUT2D eigenvalue weighted by Crippen LogP contribution is 2.29. The van der Waals surface area contributed by atoms with E-state index in [0.29, 0.717) is 23.1 Å². The van der Waals surface area contributed by atoms with Gasteiger partial charge in [0.1, 0.15) is 17.5 Å². The molecule has 0 radical (unpaired) electrons. The predicted octanol–water partition coefficient (Wildman–Crippen LogP) is 3.26. The number of halogens is 3. The van der Waals surface area contributed by atoms with Crippen molar-refractivity contribution in [3.63, 3.8) is 0 Å². The molecule has 0 aliphatic rings. The molecule has 0 fully saturated rings. The number of hydrogen-bond acceptors (Lipinski definition) is 5. The predicted molar refractivity (Wildman–Crippen MR) is 74.3 cm³/mol. The zero-order valence-corrected chi connectivity index (χ0v) is 11.3. The maximum atomic E-state index is 13.3. The Labute approximate surface area is 118 Å². The molecular weight excluding hydrogens is 292 g/mol. The normalized spacial score (nSPS) is 10.4. The Morgan fingerprint density at radius 1 is 1.11 bits per heavy atom. The first kappa shape index (κ1) is 13.8. The molecule has 1 aromatic heterocycles. The van der Waals surface area contributed by atoms with Crippen molar-refractivity contribution < 1.29 is 4.39 Å². The molecule has 1 aromatic carbocycles. The summed E-state index contributed by atoms with van der Waals surface area (Å²) in [4.78, 5) is 8.20. The number of hydrazine groups is 1. The van der Waals surface area contributed by atoms with Gasteiger partial charge in [0.05, 0.1) is 10.0 Å². The standard InChI is InChI=1S/C11H10Cl2FN5/c1-5-16-9(4-10(17-5)19-15)18-6-2-7(12)11(14)8(13)3-6/h2-4H,15H2,1H3,(H2,16,17,18,19). The van der Waals surface area contributed by atoms with Crippen molar-refractivity contribution in [3.05, 3.63) is 39.9 Å². The molecule has 0 spiro atoms. The van der Waals surface area contributed by atoms with E-state index in [0.717, 1.165) is 0 Å². The lowest BCUT2D eigenvalue weighted by molar-refractivity contribution is 0.629. The fourth-order valence-electron chi connectivity index (χ4n) is 1.48. The summed E-state index contributed by atoms with van der Waals surface area (Å²) >= 11 is 11.4. The lowest BCUT2D eigenvalue weighted by Crippen LogP contribution is -2.10.